The average molecular weight is 371 g/mol. The van der Waals surface area contributed by atoms with E-state index in [0.29, 0.717) is 12.8 Å². The predicted molar refractivity (Wildman–Crippen MR) is 94.5 cm³/mol. The fourth-order valence-corrected chi connectivity index (χ4v) is 4.00. The molecule has 0 bridgehead atoms. The Hall–Kier alpha value is -1.74. The van der Waals surface area contributed by atoms with Gasteiger partial charge in [-0.05, 0) is 30.2 Å². The van der Waals surface area contributed by atoms with E-state index in [0.717, 1.165) is 15.6 Å². The normalized spacial score (nSPS) is 24.4. The van der Waals surface area contributed by atoms with E-state index in [1.807, 2.05) is 54.6 Å². The third-order valence-electron chi connectivity index (χ3n) is 4.76. The summed E-state index contributed by atoms with van der Waals surface area (Å²) in [5.41, 5.74) is 2.16. The highest BCUT2D eigenvalue weighted by molar-refractivity contribution is 9.10. The molecule has 1 aliphatic rings. The van der Waals surface area contributed by atoms with Gasteiger partial charge < -0.3 is 0 Å². The van der Waals surface area contributed by atoms with Crippen molar-refractivity contribution in [3.05, 3.63) is 70.2 Å². The van der Waals surface area contributed by atoms with E-state index in [9.17, 15) is 9.59 Å². The lowest BCUT2D eigenvalue weighted by atomic mass is 9.65. The number of hydrogen-bond acceptors (Lipinski definition) is 2. The summed E-state index contributed by atoms with van der Waals surface area (Å²) in [5.74, 6) is 0.204. The van der Waals surface area contributed by atoms with Crippen LogP contribution in [0.1, 0.15) is 42.7 Å². The Morgan fingerprint density at radius 3 is 1.96 bits per heavy atom. The Balaban J connectivity index is 2.02. The maximum atomic E-state index is 12.4. The van der Waals surface area contributed by atoms with Crippen molar-refractivity contribution in [2.75, 3.05) is 0 Å². The van der Waals surface area contributed by atoms with Gasteiger partial charge >= 0.3 is 0 Å². The molecule has 1 saturated carbocycles. The Morgan fingerprint density at radius 2 is 1.43 bits per heavy atom. The van der Waals surface area contributed by atoms with Gasteiger partial charge in [0.25, 0.3) is 0 Å². The van der Waals surface area contributed by atoms with Gasteiger partial charge in [0.1, 0.15) is 11.6 Å². The molecule has 3 atom stereocenters. The monoisotopic (exact) mass is 370 g/mol. The minimum absolute atomic E-state index is 0.0244. The summed E-state index contributed by atoms with van der Waals surface area (Å²) in [5, 5.41) is 0. The first-order valence-corrected chi connectivity index (χ1v) is 8.68. The van der Waals surface area contributed by atoms with E-state index >= 15 is 0 Å². The zero-order chi connectivity index (χ0) is 16.4. The highest BCUT2D eigenvalue weighted by atomic mass is 79.9. The Bertz CT molecular complexity index is 706. The second-order valence-corrected chi connectivity index (χ2v) is 7.17. The van der Waals surface area contributed by atoms with Crippen LogP contribution < -0.4 is 0 Å². The second kappa shape index (κ2) is 6.79. The second-order valence-electron chi connectivity index (χ2n) is 6.26. The van der Waals surface area contributed by atoms with Gasteiger partial charge in [-0.15, -0.1) is 0 Å². The molecule has 0 aliphatic heterocycles. The van der Waals surface area contributed by atoms with Gasteiger partial charge in [0.05, 0.1) is 0 Å². The molecule has 2 aromatic carbocycles. The summed E-state index contributed by atoms with van der Waals surface area (Å²) < 4.78 is 1.00. The van der Waals surface area contributed by atoms with Gasteiger partial charge in [0.15, 0.2) is 0 Å². The largest absolute Gasteiger partial charge is 0.300 e. The SMILES string of the molecule is CC(=O)C1C(c2ccccc2)CC(=O)CC1c1ccc(Br)cc1. The first-order chi connectivity index (χ1) is 11.1. The molecule has 1 aliphatic carbocycles. The van der Waals surface area contributed by atoms with E-state index in [-0.39, 0.29) is 29.3 Å². The summed E-state index contributed by atoms with van der Waals surface area (Å²) in [7, 11) is 0. The van der Waals surface area contributed by atoms with Gasteiger partial charge in [-0.25, -0.2) is 0 Å². The van der Waals surface area contributed by atoms with Crippen LogP contribution in [0, 0.1) is 5.92 Å². The van der Waals surface area contributed by atoms with Gasteiger partial charge in [-0.2, -0.15) is 0 Å². The molecule has 3 heteroatoms. The molecule has 2 nitrogen and oxygen atoms in total. The molecule has 118 valence electrons. The van der Waals surface area contributed by atoms with E-state index in [4.69, 9.17) is 0 Å². The number of hydrogen-bond donors (Lipinski definition) is 0. The highest BCUT2D eigenvalue weighted by Crippen LogP contribution is 2.45. The molecule has 0 N–H and O–H groups in total. The van der Waals surface area contributed by atoms with Crippen molar-refractivity contribution in [2.24, 2.45) is 5.92 Å². The summed E-state index contributed by atoms with van der Waals surface area (Å²) in [6.07, 6.45) is 0.913. The number of ketones is 2. The first kappa shape index (κ1) is 16.1. The van der Waals surface area contributed by atoms with Gasteiger partial charge in [-0.3, -0.25) is 9.59 Å². The molecule has 0 radical (unpaired) electrons. The summed E-state index contributed by atoms with van der Waals surface area (Å²) in [4.78, 5) is 24.8. The predicted octanol–water partition coefficient (Wildman–Crippen LogP) is 4.88. The number of halogens is 1. The van der Waals surface area contributed by atoms with Crippen molar-refractivity contribution in [1.82, 2.24) is 0 Å². The molecule has 0 heterocycles. The molecule has 0 amide bonds. The van der Waals surface area contributed by atoms with Crippen molar-refractivity contribution in [2.45, 2.75) is 31.6 Å². The van der Waals surface area contributed by atoms with E-state index < -0.39 is 0 Å². The van der Waals surface area contributed by atoms with Crippen molar-refractivity contribution in [3.63, 3.8) is 0 Å². The van der Waals surface area contributed by atoms with Crippen molar-refractivity contribution < 1.29 is 9.59 Å². The lowest BCUT2D eigenvalue weighted by Gasteiger charge is -2.36. The molecular weight excluding hydrogens is 352 g/mol. The van der Waals surface area contributed by atoms with E-state index in [1.165, 1.54) is 0 Å². The quantitative estimate of drug-likeness (QED) is 0.770. The highest BCUT2D eigenvalue weighted by Gasteiger charge is 2.41. The summed E-state index contributed by atoms with van der Waals surface area (Å²) in [6.45, 7) is 1.66. The standard InChI is InChI=1S/C20H19BrO2/c1-13(22)20-18(14-5-3-2-4-6-14)11-17(23)12-19(20)15-7-9-16(21)10-8-15/h2-10,18-20H,11-12H2,1H3. The zero-order valence-corrected chi connectivity index (χ0v) is 14.6. The zero-order valence-electron chi connectivity index (χ0n) is 13.0. The van der Waals surface area contributed by atoms with Crippen molar-refractivity contribution in [1.29, 1.82) is 0 Å². The van der Waals surface area contributed by atoms with Crippen LogP contribution in [-0.4, -0.2) is 11.6 Å². The molecular formula is C20H19BrO2. The van der Waals surface area contributed by atoms with Gasteiger partial charge in [-0.1, -0.05) is 58.4 Å². The third-order valence-corrected chi connectivity index (χ3v) is 5.29. The van der Waals surface area contributed by atoms with E-state index in [2.05, 4.69) is 15.9 Å². The van der Waals surface area contributed by atoms with Crippen LogP contribution in [0.15, 0.2) is 59.1 Å². The molecule has 3 unspecified atom stereocenters. The molecule has 2 aromatic rings. The Kier molecular flexibility index (Phi) is 4.76. The van der Waals surface area contributed by atoms with Crippen LogP contribution in [-0.2, 0) is 9.59 Å². The minimum atomic E-state index is -0.142. The molecule has 0 saturated heterocycles. The third kappa shape index (κ3) is 3.45. The first-order valence-electron chi connectivity index (χ1n) is 7.89. The number of benzene rings is 2. The van der Waals surface area contributed by atoms with Crippen LogP contribution in [0.3, 0.4) is 0 Å². The number of carbonyl (C=O) groups excluding carboxylic acids is 2. The van der Waals surface area contributed by atoms with Crippen LogP contribution in [0.5, 0.6) is 0 Å². The molecule has 1 fully saturated rings. The lowest BCUT2D eigenvalue weighted by Crippen LogP contribution is -2.34. The van der Waals surface area contributed by atoms with E-state index in [1.54, 1.807) is 6.92 Å². The molecule has 3 rings (SSSR count). The number of rotatable bonds is 3. The fraction of sp³-hybridized carbons (Fsp3) is 0.300. The molecule has 23 heavy (non-hydrogen) atoms. The summed E-state index contributed by atoms with van der Waals surface area (Å²) in [6, 6.07) is 17.9. The van der Waals surface area contributed by atoms with Gasteiger partial charge in [0, 0.05) is 35.1 Å². The maximum absolute atomic E-state index is 12.4. The smallest absolute Gasteiger partial charge is 0.134 e. The molecule has 0 spiro atoms. The summed E-state index contributed by atoms with van der Waals surface area (Å²) >= 11 is 3.44. The van der Waals surface area contributed by atoms with Crippen LogP contribution >= 0.6 is 15.9 Å². The van der Waals surface area contributed by atoms with Gasteiger partial charge in [0.2, 0.25) is 0 Å². The fourth-order valence-electron chi connectivity index (χ4n) is 3.74. The molecule has 0 aromatic heterocycles. The number of carbonyl (C=O) groups is 2. The van der Waals surface area contributed by atoms with Crippen LogP contribution in [0.2, 0.25) is 0 Å². The number of Topliss-reactive ketones (excluding diaryl/α,β-unsaturated/α-hetero) is 2. The Morgan fingerprint density at radius 1 is 0.913 bits per heavy atom. The van der Waals surface area contributed by atoms with Crippen LogP contribution in [0.4, 0.5) is 0 Å². The minimum Gasteiger partial charge on any atom is -0.300 e. The Labute approximate surface area is 145 Å². The van der Waals surface area contributed by atoms with Crippen molar-refractivity contribution >= 4 is 27.5 Å². The lowest BCUT2D eigenvalue weighted by molar-refractivity contribution is -0.127. The average Bonchev–Trinajstić information content (AvgIpc) is 2.55. The maximum Gasteiger partial charge on any atom is 0.134 e. The van der Waals surface area contributed by atoms with Crippen molar-refractivity contribution in [3.8, 4) is 0 Å². The topological polar surface area (TPSA) is 34.1 Å². The van der Waals surface area contributed by atoms with Crippen LogP contribution in [0.25, 0.3) is 0 Å².